The van der Waals surface area contributed by atoms with Gasteiger partial charge in [-0.3, -0.25) is 4.79 Å². The number of alkyl halides is 3. The number of carbonyl (C=O) groups is 1. The van der Waals surface area contributed by atoms with Crippen LogP contribution in [0.4, 0.5) is 18.9 Å². The highest BCUT2D eigenvalue weighted by atomic mass is 19.4. The molecule has 7 heteroatoms. The molecule has 0 spiro atoms. The fourth-order valence-corrected chi connectivity index (χ4v) is 2.71. The summed E-state index contributed by atoms with van der Waals surface area (Å²) in [6.07, 6.45) is -0.754. The molecule has 0 aromatic heterocycles. The Morgan fingerprint density at radius 2 is 1.95 bits per heavy atom. The quantitative estimate of drug-likeness (QED) is 0.894. The first kappa shape index (κ1) is 16.6. The molecule has 0 bridgehead atoms. The number of benzene rings is 1. The Labute approximate surface area is 126 Å². The predicted octanol–water partition coefficient (Wildman–Crippen LogP) is 3.43. The monoisotopic (exact) mass is 316 g/mol. The van der Waals surface area contributed by atoms with Crippen molar-refractivity contribution in [3.8, 4) is 5.75 Å². The van der Waals surface area contributed by atoms with Gasteiger partial charge < -0.3 is 15.8 Å². The number of amides is 1. The number of hydrogen-bond acceptors (Lipinski definition) is 3. The number of nitrogens with one attached hydrogen (secondary N) is 1. The summed E-state index contributed by atoms with van der Waals surface area (Å²) in [6.45, 7) is 0. The first-order chi connectivity index (χ1) is 10.3. The van der Waals surface area contributed by atoms with Gasteiger partial charge in [0.25, 0.3) is 0 Å². The van der Waals surface area contributed by atoms with Crippen molar-refractivity contribution in [2.24, 2.45) is 11.7 Å². The van der Waals surface area contributed by atoms with E-state index in [9.17, 15) is 18.0 Å². The lowest BCUT2D eigenvalue weighted by atomic mass is 9.83. The normalized spacial score (nSPS) is 22.2. The zero-order valence-electron chi connectivity index (χ0n) is 12.0. The van der Waals surface area contributed by atoms with Gasteiger partial charge in [0.2, 0.25) is 5.91 Å². The molecule has 0 saturated heterocycles. The Morgan fingerprint density at radius 1 is 1.27 bits per heavy atom. The third kappa shape index (κ3) is 4.91. The van der Waals surface area contributed by atoms with Crippen LogP contribution in [0.1, 0.15) is 32.1 Å². The van der Waals surface area contributed by atoms with E-state index in [1.54, 1.807) is 0 Å². The van der Waals surface area contributed by atoms with Crippen molar-refractivity contribution in [1.82, 2.24) is 0 Å². The van der Waals surface area contributed by atoms with Crippen LogP contribution >= 0.6 is 0 Å². The Morgan fingerprint density at radius 3 is 2.64 bits per heavy atom. The SMILES string of the molecule is NC1CCCCC1CC(=O)Nc1ccccc1OC(F)(F)F. The van der Waals surface area contributed by atoms with E-state index in [0.29, 0.717) is 0 Å². The van der Waals surface area contributed by atoms with Gasteiger partial charge >= 0.3 is 6.36 Å². The second kappa shape index (κ2) is 7.00. The van der Waals surface area contributed by atoms with Crippen LogP contribution in [0.5, 0.6) is 5.75 Å². The molecular weight excluding hydrogens is 297 g/mol. The molecule has 4 nitrogen and oxygen atoms in total. The van der Waals surface area contributed by atoms with Gasteiger partial charge in [-0.15, -0.1) is 13.2 Å². The summed E-state index contributed by atoms with van der Waals surface area (Å²) < 4.78 is 40.9. The number of nitrogens with two attached hydrogens (primary N) is 1. The Bertz CT molecular complexity index is 520. The highest BCUT2D eigenvalue weighted by Crippen LogP contribution is 2.31. The van der Waals surface area contributed by atoms with E-state index in [-0.39, 0.29) is 30.0 Å². The molecule has 0 aliphatic heterocycles. The van der Waals surface area contributed by atoms with Crippen molar-refractivity contribution >= 4 is 11.6 Å². The maximum Gasteiger partial charge on any atom is 0.573 e. The van der Waals surface area contributed by atoms with Crippen LogP contribution in [-0.2, 0) is 4.79 Å². The highest BCUT2D eigenvalue weighted by Gasteiger charge is 2.32. The average molecular weight is 316 g/mol. The third-order valence-corrected chi connectivity index (χ3v) is 3.80. The van der Waals surface area contributed by atoms with E-state index >= 15 is 0 Å². The number of ether oxygens (including phenoxy) is 1. The summed E-state index contributed by atoms with van der Waals surface area (Å²) in [6, 6.07) is 5.45. The second-order valence-corrected chi connectivity index (χ2v) is 5.50. The zero-order chi connectivity index (χ0) is 16.2. The van der Waals surface area contributed by atoms with E-state index in [1.807, 2.05) is 0 Å². The standard InChI is InChI=1S/C15H19F3N2O2/c16-15(17,18)22-13-8-4-3-7-12(13)20-14(21)9-10-5-1-2-6-11(10)19/h3-4,7-8,10-11H,1-2,5-6,9,19H2,(H,20,21). The number of carbonyl (C=O) groups excluding carboxylic acids is 1. The van der Waals surface area contributed by atoms with Crippen molar-refractivity contribution in [3.63, 3.8) is 0 Å². The maximum atomic E-state index is 12.3. The molecule has 0 radical (unpaired) electrons. The molecule has 1 aromatic carbocycles. The van der Waals surface area contributed by atoms with E-state index in [2.05, 4.69) is 10.1 Å². The molecule has 1 amide bonds. The minimum atomic E-state index is -4.80. The highest BCUT2D eigenvalue weighted by molar-refractivity contribution is 5.92. The Kier molecular flexibility index (Phi) is 5.28. The molecule has 1 aliphatic carbocycles. The van der Waals surface area contributed by atoms with Gasteiger partial charge in [0, 0.05) is 12.5 Å². The van der Waals surface area contributed by atoms with Crippen molar-refractivity contribution in [3.05, 3.63) is 24.3 Å². The predicted molar refractivity (Wildman–Crippen MR) is 76.3 cm³/mol. The minimum Gasteiger partial charge on any atom is -0.404 e. The first-order valence-electron chi connectivity index (χ1n) is 7.25. The molecule has 0 heterocycles. The Balaban J connectivity index is 1.99. The minimum absolute atomic E-state index is 0.00852. The fraction of sp³-hybridized carbons (Fsp3) is 0.533. The van der Waals surface area contributed by atoms with Crippen molar-refractivity contribution in [1.29, 1.82) is 0 Å². The molecule has 22 heavy (non-hydrogen) atoms. The van der Waals surface area contributed by atoms with E-state index in [4.69, 9.17) is 5.73 Å². The molecule has 2 rings (SSSR count). The topological polar surface area (TPSA) is 64.4 Å². The Hall–Kier alpha value is -1.76. The van der Waals surface area contributed by atoms with Crippen molar-refractivity contribution in [2.45, 2.75) is 44.5 Å². The smallest absolute Gasteiger partial charge is 0.404 e. The lowest BCUT2D eigenvalue weighted by Gasteiger charge is -2.28. The third-order valence-electron chi connectivity index (χ3n) is 3.80. The van der Waals surface area contributed by atoms with Crippen LogP contribution in [0, 0.1) is 5.92 Å². The summed E-state index contributed by atoms with van der Waals surface area (Å²) in [4.78, 5) is 12.0. The van der Waals surface area contributed by atoms with E-state index < -0.39 is 12.1 Å². The molecule has 1 aromatic rings. The van der Waals surface area contributed by atoms with Gasteiger partial charge in [0.05, 0.1) is 5.69 Å². The molecule has 1 saturated carbocycles. The average Bonchev–Trinajstić information content (AvgIpc) is 2.42. The molecule has 2 unspecified atom stereocenters. The number of halogens is 3. The van der Waals surface area contributed by atoms with Gasteiger partial charge in [0.15, 0.2) is 5.75 Å². The first-order valence-corrected chi connectivity index (χ1v) is 7.25. The van der Waals surface area contributed by atoms with Gasteiger partial charge in [0.1, 0.15) is 0 Å². The van der Waals surface area contributed by atoms with E-state index in [1.165, 1.54) is 18.2 Å². The lowest BCUT2D eigenvalue weighted by Crippen LogP contribution is -2.35. The number of para-hydroxylation sites is 2. The lowest BCUT2D eigenvalue weighted by molar-refractivity contribution is -0.274. The number of hydrogen-bond donors (Lipinski definition) is 2. The summed E-state index contributed by atoms with van der Waals surface area (Å²) in [5, 5.41) is 2.48. The van der Waals surface area contributed by atoms with Crippen molar-refractivity contribution in [2.75, 3.05) is 5.32 Å². The molecule has 122 valence electrons. The fourth-order valence-electron chi connectivity index (χ4n) is 2.71. The summed E-state index contributed by atoms with van der Waals surface area (Å²) in [5.41, 5.74) is 5.99. The van der Waals surface area contributed by atoms with Crippen LogP contribution in [0.25, 0.3) is 0 Å². The number of anilines is 1. The van der Waals surface area contributed by atoms with Crippen LogP contribution in [0.15, 0.2) is 24.3 Å². The molecule has 1 aliphatic rings. The molecular formula is C15H19F3N2O2. The van der Waals surface area contributed by atoms with Gasteiger partial charge in [-0.25, -0.2) is 0 Å². The van der Waals surface area contributed by atoms with Crippen LogP contribution in [-0.4, -0.2) is 18.3 Å². The maximum absolute atomic E-state index is 12.3. The second-order valence-electron chi connectivity index (χ2n) is 5.50. The van der Waals surface area contributed by atoms with Crippen LogP contribution in [0.3, 0.4) is 0 Å². The van der Waals surface area contributed by atoms with Crippen molar-refractivity contribution < 1.29 is 22.7 Å². The molecule has 2 atom stereocenters. The largest absolute Gasteiger partial charge is 0.573 e. The summed E-state index contributed by atoms with van der Waals surface area (Å²) in [7, 11) is 0. The van der Waals surface area contributed by atoms with Crippen LogP contribution < -0.4 is 15.8 Å². The van der Waals surface area contributed by atoms with Crippen LogP contribution in [0.2, 0.25) is 0 Å². The zero-order valence-corrected chi connectivity index (χ0v) is 12.0. The van der Waals surface area contributed by atoms with Gasteiger partial charge in [-0.1, -0.05) is 25.0 Å². The summed E-state index contributed by atoms with van der Waals surface area (Å²) >= 11 is 0. The number of rotatable bonds is 4. The molecule has 1 fully saturated rings. The van der Waals surface area contributed by atoms with Gasteiger partial charge in [-0.05, 0) is 30.9 Å². The van der Waals surface area contributed by atoms with Gasteiger partial charge in [-0.2, -0.15) is 0 Å². The molecule has 3 N–H and O–H groups in total. The van der Waals surface area contributed by atoms with E-state index in [0.717, 1.165) is 31.7 Å². The summed E-state index contributed by atoms with van der Waals surface area (Å²) in [5.74, 6) is -0.693.